The second-order valence-corrected chi connectivity index (χ2v) is 14.0. The maximum atomic E-state index is 4.34. The highest BCUT2D eigenvalue weighted by Gasteiger charge is 2.66. The van der Waals surface area contributed by atoms with Gasteiger partial charge in [0.15, 0.2) is 0 Å². The van der Waals surface area contributed by atoms with E-state index in [1.165, 1.54) is 53.5 Å². The standard InChI is InChI=1S/C34H22Br4/c35-31-27-25(21-13-5-1-6-14-21)26(22-15-7-2-8-16-22)28(27)32(36)30-29(31)33(37,23-17-9-3-10-18-23)34(30,38)24-19-11-4-12-20-24/h1-20,25-26H/t25-,26+,33-,34-/m1/s1. The van der Waals surface area contributed by atoms with E-state index >= 15 is 0 Å². The number of hydrogen-bond donors (Lipinski definition) is 0. The minimum atomic E-state index is -0.465. The molecule has 4 heteroatoms. The zero-order valence-electron chi connectivity index (χ0n) is 20.2. The van der Waals surface area contributed by atoms with Crippen molar-refractivity contribution in [2.75, 3.05) is 0 Å². The minimum absolute atomic E-state index is 0.263. The molecule has 2 aliphatic carbocycles. The first-order valence-corrected chi connectivity index (χ1v) is 15.8. The van der Waals surface area contributed by atoms with Crippen molar-refractivity contribution >= 4 is 63.7 Å². The lowest BCUT2D eigenvalue weighted by molar-refractivity contribution is 0.499. The molecule has 0 radical (unpaired) electrons. The van der Waals surface area contributed by atoms with Crippen LogP contribution in [0.3, 0.4) is 0 Å². The Morgan fingerprint density at radius 1 is 0.421 bits per heavy atom. The van der Waals surface area contributed by atoms with Crippen molar-refractivity contribution in [2.24, 2.45) is 0 Å². The van der Waals surface area contributed by atoms with Gasteiger partial charge in [0.2, 0.25) is 0 Å². The normalized spacial score (nSPS) is 25.1. The van der Waals surface area contributed by atoms with E-state index in [-0.39, 0.29) is 11.8 Å². The summed E-state index contributed by atoms with van der Waals surface area (Å²) in [5.74, 6) is 0.526. The van der Waals surface area contributed by atoms with Gasteiger partial charge in [0.25, 0.3) is 0 Å². The monoisotopic (exact) mass is 746 g/mol. The summed E-state index contributed by atoms with van der Waals surface area (Å²) in [7, 11) is 0. The highest BCUT2D eigenvalue weighted by molar-refractivity contribution is 9.13. The van der Waals surface area contributed by atoms with E-state index in [2.05, 4.69) is 185 Å². The number of fused-ring (bicyclic) bond motifs is 2. The summed E-state index contributed by atoms with van der Waals surface area (Å²) >= 11 is 17.0. The zero-order chi connectivity index (χ0) is 26.1. The molecule has 0 saturated carbocycles. The fourth-order valence-electron chi connectivity index (χ4n) is 6.56. The van der Waals surface area contributed by atoms with Crippen molar-refractivity contribution in [3.8, 4) is 0 Å². The van der Waals surface area contributed by atoms with E-state index in [0.29, 0.717) is 0 Å². The third-order valence-corrected chi connectivity index (χ3v) is 13.3. The first-order valence-electron chi connectivity index (χ1n) is 12.6. The van der Waals surface area contributed by atoms with Crippen molar-refractivity contribution < 1.29 is 0 Å². The summed E-state index contributed by atoms with van der Waals surface area (Å²) in [6.07, 6.45) is 0. The van der Waals surface area contributed by atoms with Gasteiger partial charge in [0, 0.05) is 20.8 Å². The molecule has 0 aliphatic heterocycles. The van der Waals surface area contributed by atoms with Crippen LogP contribution in [0.15, 0.2) is 130 Å². The Kier molecular flexibility index (Phi) is 6.12. The molecule has 2 aliphatic rings. The van der Waals surface area contributed by atoms with E-state index in [1.54, 1.807) is 0 Å². The fourth-order valence-corrected chi connectivity index (χ4v) is 11.2. The quantitative estimate of drug-likeness (QED) is 0.161. The molecule has 5 aromatic rings. The van der Waals surface area contributed by atoms with Crippen LogP contribution in [-0.4, -0.2) is 0 Å². The van der Waals surface area contributed by atoms with Crippen molar-refractivity contribution in [1.29, 1.82) is 0 Å². The van der Waals surface area contributed by atoms with E-state index in [0.717, 1.165) is 0 Å². The van der Waals surface area contributed by atoms with Crippen LogP contribution < -0.4 is 0 Å². The van der Waals surface area contributed by atoms with Gasteiger partial charge in [0.05, 0.1) is 0 Å². The Bertz CT molecular complexity index is 1530. The second-order valence-electron chi connectivity index (χ2n) is 10.0. The van der Waals surface area contributed by atoms with Gasteiger partial charge in [-0.1, -0.05) is 185 Å². The van der Waals surface area contributed by atoms with Gasteiger partial charge in [-0.05, 0) is 44.5 Å². The van der Waals surface area contributed by atoms with Gasteiger partial charge in [-0.25, -0.2) is 0 Å². The molecule has 0 nitrogen and oxygen atoms in total. The molecule has 38 heavy (non-hydrogen) atoms. The van der Waals surface area contributed by atoms with E-state index in [4.69, 9.17) is 0 Å². The van der Waals surface area contributed by atoms with Crippen molar-refractivity contribution in [3.05, 3.63) is 175 Å². The van der Waals surface area contributed by atoms with Crippen molar-refractivity contribution in [2.45, 2.75) is 20.5 Å². The summed E-state index contributed by atoms with van der Waals surface area (Å²) in [4.78, 5) is 0. The molecule has 0 amide bonds. The Hall–Kier alpha value is -1.98. The van der Waals surface area contributed by atoms with Crippen molar-refractivity contribution in [1.82, 2.24) is 0 Å². The van der Waals surface area contributed by atoms with Crippen molar-refractivity contribution in [3.63, 3.8) is 0 Å². The SMILES string of the molecule is Brc1c2c(c(Br)c3c1[C@](Br)(c1ccccc1)[C@@]3(Br)c1ccccc1)[C@H](c1ccccc1)[C@@H]2c1ccccc1. The topological polar surface area (TPSA) is 0 Å². The lowest BCUT2D eigenvalue weighted by Crippen LogP contribution is -2.54. The molecule has 5 aromatic carbocycles. The minimum Gasteiger partial charge on any atom is -0.0725 e. The molecule has 0 N–H and O–H groups in total. The average Bonchev–Trinajstić information content (AvgIpc) is 2.95. The largest absolute Gasteiger partial charge is 0.100 e. The summed E-state index contributed by atoms with van der Waals surface area (Å²) in [6.45, 7) is 0. The molecule has 186 valence electrons. The molecule has 7 rings (SSSR count). The first kappa shape index (κ1) is 25.0. The number of hydrogen-bond acceptors (Lipinski definition) is 0. The molecule has 4 atom stereocenters. The van der Waals surface area contributed by atoms with Gasteiger partial charge in [-0.15, -0.1) is 0 Å². The first-order chi connectivity index (χ1) is 18.5. The van der Waals surface area contributed by atoms with Crippen LogP contribution in [0.1, 0.15) is 56.3 Å². The second kappa shape index (κ2) is 9.30. The summed E-state index contributed by atoms with van der Waals surface area (Å²) in [5.41, 5.74) is 10.4. The van der Waals surface area contributed by atoms with Crippen LogP contribution >= 0.6 is 63.7 Å². The van der Waals surface area contributed by atoms with Crippen LogP contribution in [0.4, 0.5) is 0 Å². The third-order valence-electron chi connectivity index (χ3n) is 8.23. The Balaban J connectivity index is 1.55. The average molecular weight is 750 g/mol. The number of benzene rings is 5. The molecule has 0 saturated heterocycles. The predicted molar refractivity (Wildman–Crippen MR) is 171 cm³/mol. The highest BCUT2D eigenvalue weighted by Crippen LogP contribution is 2.75. The van der Waals surface area contributed by atoms with Gasteiger partial charge in [0.1, 0.15) is 8.65 Å². The Labute approximate surface area is 257 Å². The van der Waals surface area contributed by atoms with E-state index < -0.39 is 8.65 Å². The van der Waals surface area contributed by atoms with Crippen LogP contribution in [0.2, 0.25) is 0 Å². The summed E-state index contributed by atoms with van der Waals surface area (Å²) in [6, 6.07) is 43.4. The summed E-state index contributed by atoms with van der Waals surface area (Å²) in [5, 5.41) is 0. The number of rotatable bonds is 4. The van der Waals surface area contributed by atoms with Crippen LogP contribution in [0.25, 0.3) is 0 Å². The molecular formula is C34H22Br4. The van der Waals surface area contributed by atoms with Gasteiger partial charge >= 0.3 is 0 Å². The maximum Gasteiger partial charge on any atom is 0.100 e. The van der Waals surface area contributed by atoms with E-state index in [9.17, 15) is 0 Å². The molecule has 0 heterocycles. The Morgan fingerprint density at radius 2 is 0.711 bits per heavy atom. The van der Waals surface area contributed by atoms with Crippen LogP contribution in [0, 0.1) is 0 Å². The number of halogens is 4. The van der Waals surface area contributed by atoms with Crippen LogP contribution in [0.5, 0.6) is 0 Å². The van der Waals surface area contributed by atoms with Crippen LogP contribution in [-0.2, 0) is 8.65 Å². The van der Waals surface area contributed by atoms with E-state index in [1.807, 2.05) is 0 Å². The Morgan fingerprint density at radius 3 is 1.03 bits per heavy atom. The maximum absolute atomic E-state index is 4.34. The van der Waals surface area contributed by atoms with Gasteiger partial charge < -0.3 is 0 Å². The zero-order valence-corrected chi connectivity index (χ0v) is 26.6. The fraction of sp³-hybridized carbons (Fsp3) is 0.118. The lowest BCUT2D eigenvalue weighted by Gasteiger charge is -2.58. The van der Waals surface area contributed by atoms with Gasteiger partial charge in [-0.3, -0.25) is 0 Å². The molecular weight excluding hydrogens is 728 g/mol. The molecule has 0 aromatic heterocycles. The predicted octanol–water partition coefficient (Wildman–Crippen LogP) is 10.8. The van der Waals surface area contributed by atoms with Gasteiger partial charge in [-0.2, -0.15) is 0 Å². The highest BCUT2D eigenvalue weighted by atomic mass is 79.9. The smallest absolute Gasteiger partial charge is 0.0725 e. The number of alkyl halides is 2. The lowest BCUT2D eigenvalue weighted by atomic mass is 9.55. The molecule has 0 bridgehead atoms. The molecule has 0 spiro atoms. The molecule has 0 fully saturated rings. The molecule has 0 unspecified atom stereocenters. The third kappa shape index (κ3) is 3.24. The summed E-state index contributed by atoms with van der Waals surface area (Å²) < 4.78 is 1.46.